The summed E-state index contributed by atoms with van der Waals surface area (Å²) in [6.07, 6.45) is 6.71. The molecular formula is C17H20N6O3S. The number of nitrogens with one attached hydrogen (secondary N) is 1. The molecule has 1 amide bonds. The molecule has 4 rings (SSSR count). The molecule has 9 nitrogen and oxygen atoms in total. The van der Waals surface area contributed by atoms with Crippen molar-refractivity contribution < 1.29 is 14.7 Å². The van der Waals surface area contributed by atoms with Crippen molar-refractivity contribution in [3.8, 4) is 0 Å². The number of aliphatic imine (C=N–C) groups is 1. The lowest BCUT2D eigenvalue weighted by molar-refractivity contribution is -0.134. The van der Waals surface area contributed by atoms with Crippen molar-refractivity contribution in [3.63, 3.8) is 0 Å². The predicted molar refractivity (Wildman–Crippen MR) is 102 cm³/mol. The molecule has 27 heavy (non-hydrogen) atoms. The second-order valence-corrected chi connectivity index (χ2v) is 6.76. The fourth-order valence-electron chi connectivity index (χ4n) is 2.70. The highest BCUT2D eigenvalue weighted by Crippen LogP contribution is 2.30. The number of rotatable bonds is 4. The standard InChI is InChI=1S/C15H16N6OS.C2H4O2/c22-13(7-12-10-23-15-17-4-1-5-20(12)15)18-8-11-9-19-21-6-2-3-16-14(11)21;1-2(3)4/h2-3,6,9-10H,1,4-5,7-8H2,(H,18,22);1H3,(H,3,4). The Balaban J connectivity index is 0.000000481. The molecule has 0 spiro atoms. The second-order valence-electron chi connectivity index (χ2n) is 5.93. The molecule has 0 aliphatic carbocycles. The zero-order valence-corrected chi connectivity index (χ0v) is 15.6. The lowest BCUT2D eigenvalue weighted by Gasteiger charge is -2.25. The summed E-state index contributed by atoms with van der Waals surface area (Å²) in [5.41, 5.74) is 2.71. The van der Waals surface area contributed by atoms with Gasteiger partial charge in [0.15, 0.2) is 10.8 Å². The molecule has 0 atom stereocenters. The van der Waals surface area contributed by atoms with Crippen molar-refractivity contribution in [2.24, 2.45) is 4.99 Å². The minimum absolute atomic E-state index is 0.000968. The van der Waals surface area contributed by atoms with Crippen LogP contribution in [-0.2, 0) is 16.1 Å². The Hall–Kier alpha value is -2.88. The molecule has 4 heterocycles. The molecule has 0 radical (unpaired) electrons. The molecule has 142 valence electrons. The largest absolute Gasteiger partial charge is 0.481 e. The topological polar surface area (TPSA) is 112 Å². The fraction of sp³-hybridized carbons (Fsp3) is 0.353. The molecule has 0 saturated heterocycles. The summed E-state index contributed by atoms with van der Waals surface area (Å²) in [7, 11) is 0. The van der Waals surface area contributed by atoms with Gasteiger partial charge in [0.05, 0.1) is 12.6 Å². The van der Waals surface area contributed by atoms with E-state index in [0.717, 1.165) is 48.5 Å². The van der Waals surface area contributed by atoms with E-state index in [1.165, 1.54) is 0 Å². The van der Waals surface area contributed by atoms with E-state index in [9.17, 15) is 4.79 Å². The number of carbonyl (C=O) groups excluding carboxylic acids is 1. The second kappa shape index (κ2) is 8.67. The molecule has 2 aromatic heterocycles. The van der Waals surface area contributed by atoms with E-state index in [1.54, 1.807) is 28.7 Å². The van der Waals surface area contributed by atoms with E-state index in [4.69, 9.17) is 9.90 Å². The molecule has 0 aromatic carbocycles. The zero-order valence-electron chi connectivity index (χ0n) is 14.8. The third kappa shape index (κ3) is 4.85. The van der Waals surface area contributed by atoms with Gasteiger partial charge in [0.2, 0.25) is 5.91 Å². The molecule has 10 heteroatoms. The number of carbonyl (C=O) groups is 2. The van der Waals surface area contributed by atoms with Gasteiger partial charge in [0, 0.05) is 50.2 Å². The highest BCUT2D eigenvalue weighted by Gasteiger charge is 2.26. The van der Waals surface area contributed by atoms with Crippen LogP contribution in [0, 0.1) is 0 Å². The van der Waals surface area contributed by atoms with Crippen molar-refractivity contribution in [2.75, 3.05) is 13.1 Å². The van der Waals surface area contributed by atoms with Gasteiger partial charge in [0.25, 0.3) is 5.97 Å². The summed E-state index contributed by atoms with van der Waals surface area (Å²) >= 11 is 1.60. The van der Waals surface area contributed by atoms with Crippen LogP contribution in [0.4, 0.5) is 0 Å². The Morgan fingerprint density at radius 1 is 1.41 bits per heavy atom. The summed E-state index contributed by atoms with van der Waals surface area (Å²) in [5, 5.41) is 17.6. The number of amides is 1. The number of carboxylic acid groups (broad SMARTS) is 1. The van der Waals surface area contributed by atoms with Crippen molar-refractivity contribution in [3.05, 3.63) is 41.3 Å². The van der Waals surface area contributed by atoms with Crippen LogP contribution < -0.4 is 5.32 Å². The Labute approximate surface area is 160 Å². The molecule has 2 aliphatic rings. The number of carboxylic acids is 1. The third-order valence-corrected chi connectivity index (χ3v) is 4.79. The maximum atomic E-state index is 12.2. The summed E-state index contributed by atoms with van der Waals surface area (Å²) < 4.78 is 1.70. The number of fused-ring (bicyclic) bond motifs is 2. The van der Waals surface area contributed by atoms with Gasteiger partial charge in [-0.05, 0) is 17.9 Å². The highest BCUT2D eigenvalue weighted by molar-refractivity contribution is 8.16. The summed E-state index contributed by atoms with van der Waals surface area (Å²) in [4.78, 5) is 32.1. The summed E-state index contributed by atoms with van der Waals surface area (Å²) in [5.74, 6) is -0.834. The molecule has 2 N–H and O–H groups in total. The van der Waals surface area contributed by atoms with Gasteiger partial charge < -0.3 is 15.3 Å². The smallest absolute Gasteiger partial charge is 0.300 e. The van der Waals surface area contributed by atoms with E-state index in [1.807, 2.05) is 17.7 Å². The Kier molecular flexibility index (Phi) is 6.07. The van der Waals surface area contributed by atoms with Crippen LogP contribution in [0.3, 0.4) is 0 Å². The Morgan fingerprint density at radius 3 is 3.04 bits per heavy atom. The van der Waals surface area contributed by atoms with Crippen LogP contribution in [0.1, 0.15) is 25.3 Å². The normalized spacial score (nSPS) is 15.4. The van der Waals surface area contributed by atoms with E-state index < -0.39 is 5.97 Å². The van der Waals surface area contributed by atoms with Gasteiger partial charge in [-0.1, -0.05) is 11.8 Å². The minimum Gasteiger partial charge on any atom is -0.481 e. The summed E-state index contributed by atoms with van der Waals surface area (Å²) in [6, 6.07) is 1.82. The average Bonchev–Trinajstić information content (AvgIpc) is 3.24. The maximum absolute atomic E-state index is 12.2. The van der Waals surface area contributed by atoms with Crippen LogP contribution in [-0.4, -0.2) is 54.7 Å². The van der Waals surface area contributed by atoms with Crippen LogP contribution >= 0.6 is 11.8 Å². The first-order chi connectivity index (χ1) is 13.0. The first-order valence-corrected chi connectivity index (χ1v) is 9.33. The number of nitrogens with zero attached hydrogens (tertiary/aromatic N) is 5. The number of amidine groups is 1. The van der Waals surface area contributed by atoms with Gasteiger partial charge in [-0.3, -0.25) is 14.6 Å². The molecule has 2 aromatic rings. The van der Waals surface area contributed by atoms with Gasteiger partial charge in [-0.15, -0.1) is 0 Å². The van der Waals surface area contributed by atoms with E-state index in [-0.39, 0.29) is 5.91 Å². The van der Waals surface area contributed by atoms with Gasteiger partial charge in [0.1, 0.15) is 0 Å². The fourth-order valence-corrected chi connectivity index (χ4v) is 3.65. The first kappa shape index (κ1) is 18.9. The zero-order chi connectivity index (χ0) is 19.2. The predicted octanol–water partition coefficient (Wildman–Crippen LogP) is 1.48. The van der Waals surface area contributed by atoms with Crippen LogP contribution in [0.15, 0.2) is 40.8 Å². The minimum atomic E-state index is -0.833. The van der Waals surface area contributed by atoms with E-state index >= 15 is 0 Å². The molecular weight excluding hydrogens is 368 g/mol. The third-order valence-electron chi connectivity index (χ3n) is 3.83. The number of aromatic nitrogens is 3. The first-order valence-electron chi connectivity index (χ1n) is 8.45. The summed E-state index contributed by atoms with van der Waals surface area (Å²) in [6.45, 7) is 3.34. The Bertz CT molecular complexity index is 903. The lowest BCUT2D eigenvalue weighted by Crippen LogP contribution is -2.32. The van der Waals surface area contributed by atoms with E-state index in [0.29, 0.717) is 13.0 Å². The molecule has 0 fully saturated rings. The molecule has 2 aliphatic heterocycles. The van der Waals surface area contributed by atoms with Crippen LogP contribution in [0.2, 0.25) is 0 Å². The Morgan fingerprint density at radius 2 is 2.22 bits per heavy atom. The van der Waals surface area contributed by atoms with Gasteiger partial charge in [-0.2, -0.15) is 5.10 Å². The maximum Gasteiger partial charge on any atom is 0.300 e. The van der Waals surface area contributed by atoms with E-state index in [2.05, 4.69) is 25.3 Å². The molecule has 0 bridgehead atoms. The lowest BCUT2D eigenvalue weighted by atomic mass is 10.2. The van der Waals surface area contributed by atoms with Gasteiger partial charge in [-0.25, -0.2) is 9.50 Å². The number of thioether (sulfide) groups is 1. The highest BCUT2D eigenvalue weighted by atomic mass is 32.2. The van der Waals surface area contributed by atoms with Crippen molar-refractivity contribution in [2.45, 2.75) is 26.3 Å². The quantitative estimate of drug-likeness (QED) is 0.816. The average molecular weight is 388 g/mol. The van der Waals surface area contributed by atoms with Gasteiger partial charge >= 0.3 is 0 Å². The SMILES string of the molecule is CC(=O)O.O=C(CC1=CSC2=NCCCN12)NCc1cnn2cccnc12. The number of hydrogen-bond acceptors (Lipinski definition) is 7. The molecule has 0 saturated carbocycles. The number of hydrogen-bond donors (Lipinski definition) is 2. The van der Waals surface area contributed by atoms with Crippen molar-refractivity contribution >= 4 is 34.5 Å². The number of aliphatic carboxylic acids is 1. The van der Waals surface area contributed by atoms with Crippen LogP contribution in [0.25, 0.3) is 5.65 Å². The molecule has 0 unspecified atom stereocenters. The monoisotopic (exact) mass is 388 g/mol. The van der Waals surface area contributed by atoms with Crippen molar-refractivity contribution in [1.82, 2.24) is 24.8 Å². The van der Waals surface area contributed by atoms with Crippen LogP contribution in [0.5, 0.6) is 0 Å². The van der Waals surface area contributed by atoms with Crippen molar-refractivity contribution in [1.29, 1.82) is 0 Å².